The molecule has 2 N–H and O–H groups in total. The molecule has 4 rings (SSSR count). The van der Waals surface area contributed by atoms with Gasteiger partial charge in [-0.1, -0.05) is 20.8 Å². The Morgan fingerprint density at radius 1 is 1.15 bits per heavy atom. The number of aromatic carboxylic acids is 1. The van der Waals surface area contributed by atoms with Crippen molar-refractivity contribution in [3.8, 4) is 5.95 Å². The Hall–Kier alpha value is -1.82. The molecule has 6 nitrogen and oxygen atoms in total. The average molecular weight is 376 g/mol. The van der Waals surface area contributed by atoms with Gasteiger partial charge in [0.05, 0.1) is 11.7 Å². The zero-order valence-corrected chi connectivity index (χ0v) is 16.4. The van der Waals surface area contributed by atoms with Crippen LogP contribution in [0.25, 0.3) is 0 Å². The van der Waals surface area contributed by atoms with Crippen molar-refractivity contribution in [3.05, 3.63) is 27.6 Å². The van der Waals surface area contributed by atoms with Crippen LogP contribution >= 0.6 is 0 Å². The Bertz CT molecular complexity index is 855. The summed E-state index contributed by atoms with van der Waals surface area (Å²) in [5.74, 6) is -1.15. The fourth-order valence-electron chi connectivity index (χ4n) is 6.35. The Kier molecular flexibility index (Phi) is 3.84. The quantitative estimate of drug-likeness (QED) is 0.781. The van der Waals surface area contributed by atoms with Gasteiger partial charge in [-0.25, -0.2) is 4.79 Å². The van der Waals surface area contributed by atoms with Crippen molar-refractivity contribution >= 4 is 5.97 Å². The van der Waals surface area contributed by atoms with Crippen LogP contribution in [0.1, 0.15) is 69.5 Å². The van der Waals surface area contributed by atoms with Gasteiger partial charge in [0, 0.05) is 12.0 Å². The van der Waals surface area contributed by atoms with Crippen LogP contribution in [-0.2, 0) is 6.42 Å². The molecule has 2 heterocycles. The first-order valence-corrected chi connectivity index (χ1v) is 9.76. The van der Waals surface area contributed by atoms with Crippen molar-refractivity contribution in [1.29, 1.82) is 0 Å². The van der Waals surface area contributed by atoms with Gasteiger partial charge in [-0.05, 0) is 55.8 Å². The van der Waals surface area contributed by atoms with E-state index in [-0.39, 0.29) is 40.0 Å². The largest absolute Gasteiger partial charge is 0.475 e. The smallest absolute Gasteiger partial charge is 0.372 e. The van der Waals surface area contributed by atoms with Gasteiger partial charge in [0.25, 0.3) is 5.95 Å². The molecule has 1 aliphatic heterocycles. The first-order valence-electron chi connectivity index (χ1n) is 9.76. The molecule has 1 aromatic heterocycles. The fraction of sp³-hybridized carbons (Fsp3) is 0.714. The summed E-state index contributed by atoms with van der Waals surface area (Å²) in [7, 11) is 0. The van der Waals surface area contributed by atoms with E-state index in [1.165, 1.54) is 0 Å². The van der Waals surface area contributed by atoms with E-state index >= 15 is 0 Å². The van der Waals surface area contributed by atoms with Crippen molar-refractivity contribution in [2.24, 2.45) is 22.7 Å². The SMILES string of the molecule is CC1(C)[C@H]2CC[C@@]3(C)Oc4oc(C(=O)O)cc(=O)c4C[C@@H]3[C@]2(C)CC[C@@H]1O. The molecule has 1 aromatic rings. The van der Waals surface area contributed by atoms with Gasteiger partial charge < -0.3 is 19.4 Å². The van der Waals surface area contributed by atoms with Gasteiger partial charge in [-0.2, -0.15) is 0 Å². The minimum Gasteiger partial charge on any atom is -0.475 e. The predicted octanol–water partition coefficient (Wildman–Crippen LogP) is 3.25. The Morgan fingerprint density at radius 2 is 1.85 bits per heavy atom. The highest BCUT2D eigenvalue weighted by Crippen LogP contribution is 2.64. The summed E-state index contributed by atoms with van der Waals surface area (Å²) in [6, 6.07) is 1.05. The zero-order chi connectivity index (χ0) is 19.8. The van der Waals surface area contributed by atoms with Gasteiger partial charge >= 0.3 is 5.97 Å². The molecule has 0 saturated heterocycles. The lowest BCUT2D eigenvalue weighted by Gasteiger charge is -2.63. The normalized spacial score (nSPS) is 39.5. The average Bonchev–Trinajstić information content (AvgIpc) is 2.57. The second-order valence-electron chi connectivity index (χ2n) is 9.69. The number of carboxylic acid groups (broad SMARTS) is 1. The van der Waals surface area contributed by atoms with Crippen LogP contribution in [0, 0.1) is 22.7 Å². The monoisotopic (exact) mass is 376 g/mol. The van der Waals surface area contributed by atoms with Crippen LogP contribution in [0.15, 0.2) is 15.3 Å². The van der Waals surface area contributed by atoms with Crippen molar-refractivity contribution in [3.63, 3.8) is 0 Å². The molecule has 0 amide bonds. The van der Waals surface area contributed by atoms with Crippen LogP contribution in [0.5, 0.6) is 5.95 Å². The lowest BCUT2D eigenvalue weighted by Crippen LogP contribution is -2.63. The second-order valence-corrected chi connectivity index (χ2v) is 9.69. The lowest BCUT2D eigenvalue weighted by atomic mass is 9.44. The number of aliphatic hydroxyl groups excluding tert-OH is 1. The van der Waals surface area contributed by atoms with E-state index in [0.29, 0.717) is 17.9 Å². The molecule has 6 heteroatoms. The van der Waals surface area contributed by atoms with Crippen LogP contribution in [0.4, 0.5) is 0 Å². The second kappa shape index (κ2) is 5.60. The number of carbonyl (C=O) groups is 1. The molecule has 0 aromatic carbocycles. The minimum atomic E-state index is -1.27. The summed E-state index contributed by atoms with van der Waals surface area (Å²) < 4.78 is 11.6. The van der Waals surface area contributed by atoms with Crippen molar-refractivity contribution in [2.75, 3.05) is 0 Å². The third kappa shape index (κ3) is 2.49. The molecular weight excluding hydrogens is 348 g/mol. The third-order valence-electron chi connectivity index (χ3n) is 7.93. The summed E-state index contributed by atoms with van der Waals surface area (Å²) in [6.45, 7) is 8.61. The maximum absolute atomic E-state index is 12.6. The van der Waals surface area contributed by atoms with Gasteiger partial charge in [0.1, 0.15) is 5.60 Å². The highest BCUT2D eigenvalue weighted by molar-refractivity contribution is 5.84. The zero-order valence-electron chi connectivity index (χ0n) is 16.4. The van der Waals surface area contributed by atoms with E-state index in [1.807, 2.05) is 6.92 Å². The summed E-state index contributed by atoms with van der Waals surface area (Å²) in [6.07, 6.45) is 3.54. The molecule has 2 fully saturated rings. The standard InChI is InChI=1S/C21H28O6/c1-19(2)14-5-8-21(4)15(20(14,3)7-6-16(19)23)9-11-12(22)10-13(17(24)25)26-18(11)27-21/h10,14-16,23H,5-9H2,1-4H3,(H,24,25)/t14-,15-,16+,20-,21-/m1/s1. The molecule has 0 bridgehead atoms. The van der Waals surface area contributed by atoms with Crippen molar-refractivity contribution in [2.45, 2.75) is 71.5 Å². The first-order chi connectivity index (χ1) is 12.5. The molecule has 3 aliphatic rings. The van der Waals surface area contributed by atoms with E-state index in [4.69, 9.17) is 9.15 Å². The van der Waals surface area contributed by atoms with Crippen molar-refractivity contribution < 1.29 is 24.2 Å². The fourth-order valence-corrected chi connectivity index (χ4v) is 6.35. The maximum atomic E-state index is 12.6. The lowest BCUT2D eigenvalue weighted by molar-refractivity contribution is -0.195. The summed E-state index contributed by atoms with van der Waals surface area (Å²) in [5, 5.41) is 19.8. The van der Waals surface area contributed by atoms with E-state index in [1.54, 1.807) is 0 Å². The number of rotatable bonds is 1. The third-order valence-corrected chi connectivity index (χ3v) is 7.93. The van der Waals surface area contributed by atoms with E-state index < -0.39 is 11.6 Å². The van der Waals surface area contributed by atoms with E-state index in [9.17, 15) is 19.8 Å². The number of hydrogen-bond donors (Lipinski definition) is 2. The van der Waals surface area contributed by atoms with Crippen LogP contribution in [-0.4, -0.2) is 27.9 Å². The molecule has 0 unspecified atom stereocenters. The molecule has 2 aliphatic carbocycles. The van der Waals surface area contributed by atoms with Crippen molar-refractivity contribution in [1.82, 2.24) is 0 Å². The number of carboxylic acids is 1. The molecule has 0 radical (unpaired) electrons. The molecular formula is C21H28O6. The number of hydrogen-bond acceptors (Lipinski definition) is 5. The first kappa shape index (κ1) is 18.5. The summed E-state index contributed by atoms with van der Waals surface area (Å²) in [5.41, 5.74) is -0.661. The number of aliphatic hydroxyl groups is 1. The topological polar surface area (TPSA) is 97.0 Å². The van der Waals surface area contributed by atoms with E-state index in [0.717, 1.165) is 31.7 Å². The van der Waals surface area contributed by atoms with Gasteiger partial charge in [0.2, 0.25) is 5.76 Å². The maximum Gasteiger partial charge on any atom is 0.372 e. The summed E-state index contributed by atoms with van der Waals surface area (Å²) >= 11 is 0. The van der Waals surface area contributed by atoms with Gasteiger partial charge in [-0.15, -0.1) is 0 Å². The van der Waals surface area contributed by atoms with Crippen LogP contribution in [0.2, 0.25) is 0 Å². The van der Waals surface area contributed by atoms with Crippen LogP contribution < -0.4 is 10.2 Å². The molecule has 2 saturated carbocycles. The molecule has 27 heavy (non-hydrogen) atoms. The Morgan fingerprint density at radius 3 is 2.52 bits per heavy atom. The highest BCUT2D eigenvalue weighted by Gasteiger charge is 2.62. The Labute approximate surface area is 158 Å². The molecule has 5 atom stereocenters. The predicted molar refractivity (Wildman–Crippen MR) is 98.0 cm³/mol. The van der Waals surface area contributed by atoms with Gasteiger partial charge in [0.15, 0.2) is 5.43 Å². The number of ether oxygens (including phenoxy) is 1. The summed E-state index contributed by atoms with van der Waals surface area (Å²) in [4.78, 5) is 23.8. The Balaban J connectivity index is 1.80. The molecule has 0 spiro atoms. The molecule has 148 valence electrons. The van der Waals surface area contributed by atoms with Gasteiger partial charge in [-0.3, -0.25) is 4.79 Å². The number of fused-ring (bicyclic) bond motifs is 4. The van der Waals surface area contributed by atoms with Crippen LogP contribution in [0.3, 0.4) is 0 Å². The highest BCUT2D eigenvalue weighted by atomic mass is 16.6. The van der Waals surface area contributed by atoms with E-state index in [2.05, 4.69) is 20.8 Å². The minimum absolute atomic E-state index is 0.0642.